The van der Waals surface area contributed by atoms with Crippen LogP contribution in [0.15, 0.2) is 47.8 Å². The van der Waals surface area contributed by atoms with Crippen LogP contribution in [0.2, 0.25) is 0 Å². The quantitative estimate of drug-likeness (QED) is 0.893. The third-order valence-corrected chi connectivity index (χ3v) is 5.63. The fraction of sp³-hybridized carbons (Fsp3) is 0.400. The Kier molecular flexibility index (Phi) is 5.87. The van der Waals surface area contributed by atoms with Gasteiger partial charge < -0.3 is 10.2 Å². The fourth-order valence-corrected chi connectivity index (χ4v) is 3.94. The highest BCUT2D eigenvalue weighted by molar-refractivity contribution is 7.12. The summed E-state index contributed by atoms with van der Waals surface area (Å²) in [5.74, 6) is 0.473. The molecule has 1 saturated heterocycles. The van der Waals surface area contributed by atoms with Crippen LogP contribution in [0.1, 0.15) is 35.0 Å². The SMILES string of the molecule is C[C@H](NC(=O)c1cccs1)C(=O)N1CCC(Cc2ccccc2)CC1. The Bertz CT molecular complexity index is 692. The van der Waals surface area contributed by atoms with Crippen LogP contribution < -0.4 is 5.32 Å². The van der Waals surface area contributed by atoms with Crippen LogP contribution in [-0.2, 0) is 11.2 Å². The minimum Gasteiger partial charge on any atom is -0.341 e. The van der Waals surface area contributed by atoms with E-state index in [0.29, 0.717) is 10.8 Å². The summed E-state index contributed by atoms with van der Waals surface area (Å²) in [6, 6.07) is 13.6. The molecule has 0 unspecified atom stereocenters. The first kappa shape index (κ1) is 17.7. The molecular weight excluding hydrogens is 332 g/mol. The van der Waals surface area contributed by atoms with Gasteiger partial charge in [0, 0.05) is 13.1 Å². The molecule has 2 amide bonds. The molecule has 1 atom stereocenters. The molecular formula is C20H24N2O2S. The molecule has 0 radical (unpaired) electrons. The van der Waals surface area contributed by atoms with Crippen LogP contribution in [0.5, 0.6) is 0 Å². The highest BCUT2D eigenvalue weighted by Crippen LogP contribution is 2.22. The second-order valence-electron chi connectivity index (χ2n) is 6.63. The van der Waals surface area contributed by atoms with Crippen LogP contribution in [0.25, 0.3) is 0 Å². The first-order chi connectivity index (χ1) is 12.1. The lowest BCUT2D eigenvalue weighted by molar-refractivity contribution is -0.134. The number of thiophene rings is 1. The molecule has 3 rings (SSSR count). The van der Waals surface area contributed by atoms with Crippen LogP contribution in [0.4, 0.5) is 0 Å². The number of rotatable bonds is 5. The summed E-state index contributed by atoms with van der Waals surface area (Å²) in [6.07, 6.45) is 3.12. The molecule has 0 spiro atoms. The van der Waals surface area contributed by atoms with Crippen molar-refractivity contribution in [2.24, 2.45) is 5.92 Å². The molecule has 2 heterocycles. The molecule has 1 aliphatic heterocycles. The fourth-order valence-electron chi connectivity index (χ4n) is 3.32. The number of hydrogen-bond acceptors (Lipinski definition) is 3. The van der Waals surface area contributed by atoms with Crippen molar-refractivity contribution >= 4 is 23.2 Å². The van der Waals surface area contributed by atoms with Gasteiger partial charge in [0.05, 0.1) is 4.88 Å². The molecule has 1 aromatic carbocycles. The Morgan fingerprint density at radius 3 is 2.52 bits per heavy atom. The van der Waals surface area contributed by atoms with Gasteiger partial charge in [-0.05, 0) is 49.1 Å². The molecule has 132 valence electrons. The van der Waals surface area contributed by atoms with E-state index < -0.39 is 6.04 Å². The number of amides is 2. The maximum absolute atomic E-state index is 12.6. The van der Waals surface area contributed by atoms with E-state index in [1.807, 2.05) is 22.4 Å². The van der Waals surface area contributed by atoms with E-state index in [0.717, 1.165) is 32.4 Å². The number of likely N-dealkylation sites (tertiary alicyclic amines) is 1. The molecule has 5 heteroatoms. The van der Waals surface area contributed by atoms with Gasteiger partial charge in [-0.25, -0.2) is 0 Å². The van der Waals surface area contributed by atoms with Gasteiger partial charge in [-0.1, -0.05) is 36.4 Å². The summed E-state index contributed by atoms with van der Waals surface area (Å²) >= 11 is 1.38. The number of benzene rings is 1. The lowest BCUT2D eigenvalue weighted by Gasteiger charge is -2.33. The Hall–Kier alpha value is -2.14. The molecule has 25 heavy (non-hydrogen) atoms. The Morgan fingerprint density at radius 2 is 1.88 bits per heavy atom. The maximum atomic E-state index is 12.6. The summed E-state index contributed by atoms with van der Waals surface area (Å²) in [5, 5.41) is 4.67. The van der Waals surface area contributed by atoms with Gasteiger partial charge in [0.15, 0.2) is 0 Å². The van der Waals surface area contributed by atoms with Gasteiger partial charge in [-0.3, -0.25) is 9.59 Å². The van der Waals surface area contributed by atoms with Gasteiger partial charge in [-0.2, -0.15) is 0 Å². The topological polar surface area (TPSA) is 49.4 Å². The van der Waals surface area contributed by atoms with Crippen molar-refractivity contribution in [2.45, 2.75) is 32.2 Å². The predicted octanol–water partition coefficient (Wildman–Crippen LogP) is 3.35. The maximum Gasteiger partial charge on any atom is 0.261 e. The van der Waals surface area contributed by atoms with E-state index in [9.17, 15) is 9.59 Å². The second kappa shape index (κ2) is 8.30. The molecule has 2 aromatic rings. The van der Waals surface area contributed by atoms with E-state index in [2.05, 4.69) is 29.6 Å². The lowest BCUT2D eigenvalue weighted by atomic mass is 9.90. The number of nitrogens with zero attached hydrogens (tertiary/aromatic N) is 1. The predicted molar refractivity (Wildman–Crippen MR) is 101 cm³/mol. The summed E-state index contributed by atoms with van der Waals surface area (Å²) in [5.41, 5.74) is 1.36. The van der Waals surface area contributed by atoms with Crippen LogP contribution in [0, 0.1) is 5.92 Å². The van der Waals surface area contributed by atoms with Gasteiger partial charge in [0.25, 0.3) is 5.91 Å². The Balaban J connectivity index is 1.47. The van der Waals surface area contributed by atoms with E-state index in [1.165, 1.54) is 16.9 Å². The zero-order valence-electron chi connectivity index (χ0n) is 14.5. The van der Waals surface area contributed by atoms with Crippen molar-refractivity contribution < 1.29 is 9.59 Å². The second-order valence-corrected chi connectivity index (χ2v) is 7.58. The van der Waals surface area contributed by atoms with E-state index >= 15 is 0 Å². The summed E-state index contributed by atoms with van der Waals surface area (Å²) in [7, 11) is 0. The van der Waals surface area contributed by atoms with Gasteiger partial charge in [0.1, 0.15) is 6.04 Å². The summed E-state index contributed by atoms with van der Waals surface area (Å²) in [6.45, 7) is 3.31. The minimum atomic E-state index is -0.486. The Labute approximate surface area is 152 Å². The molecule has 1 N–H and O–H groups in total. The largest absolute Gasteiger partial charge is 0.341 e. The smallest absolute Gasteiger partial charge is 0.261 e. The first-order valence-corrected chi connectivity index (χ1v) is 9.68. The summed E-state index contributed by atoms with van der Waals surface area (Å²) < 4.78 is 0. The minimum absolute atomic E-state index is 0.0167. The van der Waals surface area contributed by atoms with Crippen molar-refractivity contribution in [1.82, 2.24) is 10.2 Å². The Morgan fingerprint density at radius 1 is 1.16 bits per heavy atom. The normalized spacial score (nSPS) is 16.4. The van der Waals surface area contributed by atoms with Gasteiger partial charge >= 0.3 is 0 Å². The third-order valence-electron chi connectivity index (χ3n) is 4.76. The number of piperidine rings is 1. The highest BCUT2D eigenvalue weighted by Gasteiger charge is 2.27. The average Bonchev–Trinajstić information content (AvgIpc) is 3.17. The molecule has 0 bridgehead atoms. The zero-order valence-corrected chi connectivity index (χ0v) is 15.3. The lowest BCUT2D eigenvalue weighted by Crippen LogP contribution is -2.49. The van der Waals surface area contributed by atoms with Crippen molar-refractivity contribution in [3.63, 3.8) is 0 Å². The number of nitrogens with one attached hydrogen (secondary N) is 1. The van der Waals surface area contributed by atoms with E-state index in [4.69, 9.17) is 0 Å². The molecule has 0 aliphatic carbocycles. The molecule has 4 nitrogen and oxygen atoms in total. The number of carbonyl (C=O) groups is 2. The van der Waals surface area contributed by atoms with E-state index in [-0.39, 0.29) is 11.8 Å². The van der Waals surface area contributed by atoms with Crippen LogP contribution >= 0.6 is 11.3 Å². The van der Waals surface area contributed by atoms with Gasteiger partial charge in [0.2, 0.25) is 5.91 Å². The number of carbonyl (C=O) groups excluding carboxylic acids is 2. The number of hydrogen-bond donors (Lipinski definition) is 1. The molecule has 0 saturated carbocycles. The standard InChI is InChI=1S/C20H24N2O2S/c1-15(21-19(23)18-8-5-13-25-18)20(24)22-11-9-17(10-12-22)14-16-6-3-2-4-7-16/h2-8,13,15,17H,9-12,14H2,1H3,(H,21,23)/t15-/m0/s1. The molecule has 1 aromatic heterocycles. The van der Waals surface area contributed by atoms with Crippen LogP contribution in [-0.4, -0.2) is 35.8 Å². The first-order valence-electron chi connectivity index (χ1n) is 8.80. The average molecular weight is 356 g/mol. The molecule has 1 fully saturated rings. The zero-order chi connectivity index (χ0) is 17.6. The van der Waals surface area contributed by atoms with Crippen molar-refractivity contribution in [3.05, 3.63) is 58.3 Å². The van der Waals surface area contributed by atoms with Crippen molar-refractivity contribution in [3.8, 4) is 0 Å². The van der Waals surface area contributed by atoms with E-state index in [1.54, 1.807) is 13.0 Å². The third kappa shape index (κ3) is 4.69. The van der Waals surface area contributed by atoms with Crippen molar-refractivity contribution in [2.75, 3.05) is 13.1 Å². The van der Waals surface area contributed by atoms with Crippen molar-refractivity contribution in [1.29, 1.82) is 0 Å². The molecule has 1 aliphatic rings. The highest BCUT2D eigenvalue weighted by atomic mass is 32.1. The van der Waals surface area contributed by atoms with Crippen LogP contribution in [0.3, 0.4) is 0 Å². The summed E-state index contributed by atoms with van der Waals surface area (Å²) in [4.78, 5) is 27.2. The monoisotopic (exact) mass is 356 g/mol. The van der Waals surface area contributed by atoms with Gasteiger partial charge in [-0.15, -0.1) is 11.3 Å².